The number of para-hydroxylation sites is 1. The number of ether oxygens (including phenoxy) is 2. The van der Waals surface area contributed by atoms with Gasteiger partial charge >= 0.3 is 5.97 Å². The Hall–Kier alpha value is -3.12. The Balaban J connectivity index is 1.78. The molecule has 0 aliphatic heterocycles. The normalized spacial score (nSPS) is 11.7. The van der Waals surface area contributed by atoms with Gasteiger partial charge in [0, 0.05) is 16.1 Å². The van der Waals surface area contributed by atoms with Crippen molar-refractivity contribution in [1.82, 2.24) is 4.98 Å². The summed E-state index contributed by atoms with van der Waals surface area (Å²) in [5.41, 5.74) is 2.14. The molecule has 0 bridgehead atoms. The molecule has 0 aliphatic carbocycles. The van der Waals surface area contributed by atoms with Crippen LogP contribution in [0.5, 0.6) is 5.75 Å². The maximum absolute atomic E-state index is 12.7. The van der Waals surface area contributed by atoms with Crippen molar-refractivity contribution in [2.75, 3.05) is 12.4 Å². The zero-order valence-electron chi connectivity index (χ0n) is 15.7. The molecule has 3 rings (SSSR count). The number of hydrogen-bond acceptors (Lipinski definition) is 5. The number of halogens is 1. The van der Waals surface area contributed by atoms with Gasteiger partial charge in [-0.05, 0) is 44.2 Å². The van der Waals surface area contributed by atoms with Crippen molar-refractivity contribution in [3.05, 3.63) is 64.8 Å². The molecule has 1 unspecified atom stereocenters. The Labute approximate surface area is 167 Å². The first kappa shape index (κ1) is 19.6. The maximum atomic E-state index is 12.7. The first-order chi connectivity index (χ1) is 13.4. The lowest BCUT2D eigenvalue weighted by molar-refractivity contribution is -0.123. The number of anilines is 1. The molecule has 1 N–H and O–H groups in total. The highest BCUT2D eigenvalue weighted by Gasteiger charge is 2.22. The molecule has 1 amide bonds. The lowest BCUT2D eigenvalue weighted by Crippen LogP contribution is -2.30. The standard InChI is InChI=1S/C21H19ClN2O4/c1-12-10-16(15-6-4-5-7-17(15)23-12)21(26)28-13(2)20(25)24-18-11-14(22)8-9-19(18)27-3/h4-11,13H,1-3H3,(H,24,25). The number of aryl methyl sites for hydroxylation is 1. The van der Waals surface area contributed by atoms with Gasteiger partial charge in [-0.3, -0.25) is 9.78 Å². The highest BCUT2D eigenvalue weighted by Crippen LogP contribution is 2.28. The van der Waals surface area contributed by atoms with Crippen LogP contribution in [0.3, 0.4) is 0 Å². The summed E-state index contributed by atoms with van der Waals surface area (Å²) in [6, 6.07) is 13.8. The Morgan fingerprint density at radius 2 is 1.89 bits per heavy atom. The molecule has 0 radical (unpaired) electrons. The summed E-state index contributed by atoms with van der Waals surface area (Å²) in [5.74, 6) is -0.640. The molecule has 6 nitrogen and oxygen atoms in total. The van der Waals surface area contributed by atoms with E-state index in [0.29, 0.717) is 38.6 Å². The molecule has 0 saturated heterocycles. The zero-order valence-corrected chi connectivity index (χ0v) is 16.4. The number of esters is 1. The van der Waals surface area contributed by atoms with Crippen LogP contribution in [-0.4, -0.2) is 30.1 Å². The number of methoxy groups -OCH3 is 1. The van der Waals surface area contributed by atoms with Crippen molar-refractivity contribution in [3.63, 3.8) is 0 Å². The molecule has 7 heteroatoms. The monoisotopic (exact) mass is 398 g/mol. The van der Waals surface area contributed by atoms with Crippen LogP contribution in [0.2, 0.25) is 5.02 Å². The number of rotatable bonds is 5. The Morgan fingerprint density at radius 3 is 2.64 bits per heavy atom. The van der Waals surface area contributed by atoms with E-state index in [1.165, 1.54) is 14.0 Å². The van der Waals surface area contributed by atoms with Crippen molar-refractivity contribution >= 4 is 40.1 Å². The van der Waals surface area contributed by atoms with Crippen LogP contribution in [0.1, 0.15) is 23.0 Å². The average Bonchev–Trinajstić information content (AvgIpc) is 2.67. The van der Waals surface area contributed by atoms with Gasteiger partial charge in [0.15, 0.2) is 6.10 Å². The molecule has 28 heavy (non-hydrogen) atoms. The summed E-state index contributed by atoms with van der Waals surface area (Å²) in [7, 11) is 1.49. The van der Waals surface area contributed by atoms with Crippen LogP contribution < -0.4 is 10.1 Å². The largest absolute Gasteiger partial charge is 0.495 e. The van der Waals surface area contributed by atoms with Gasteiger partial charge in [-0.1, -0.05) is 29.8 Å². The SMILES string of the molecule is COc1ccc(Cl)cc1NC(=O)C(C)OC(=O)c1cc(C)nc2ccccc12. The van der Waals surface area contributed by atoms with Crippen LogP contribution in [0.4, 0.5) is 5.69 Å². The van der Waals surface area contributed by atoms with Gasteiger partial charge in [0.2, 0.25) is 0 Å². The molecule has 1 atom stereocenters. The van der Waals surface area contributed by atoms with Gasteiger partial charge < -0.3 is 14.8 Å². The van der Waals surface area contributed by atoms with Crippen molar-refractivity contribution in [3.8, 4) is 5.75 Å². The lowest BCUT2D eigenvalue weighted by atomic mass is 10.1. The van der Waals surface area contributed by atoms with E-state index >= 15 is 0 Å². The van der Waals surface area contributed by atoms with Crippen molar-refractivity contribution in [2.24, 2.45) is 0 Å². The summed E-state index contributed by atoms with van der Waals surface area (Å²) < 4.78 is 10.6. The molecule has 0 spiro atoms. The Kier molecular flexibility index (Phi) is 5.80. The van der Waals surface area contributed by atoms with Gasteiger partial charge in [0.25, 0.3) is 5.91 Å². The molecule has 1 heterocycles. The topological polar surface area (TPSA) is 77.5 Å². The third-order valence-electron chi connectivity index (χ3n) is 4.14. The van der Waals surface area contributed by atoms with Crippen molar-refractivity contribution < 1.29 is 19.1 Å². The second-order valence-corrected chi connectivity index (χ2v) is 6.65. The summed E-state index contributed by atoms with van der Waals surface area (Å²) in [5, 5.41) is 3.78. The van der Waals surface area contributed by atoms with Gasteiger partial charge in [-0.25, -0.2) is 4.79 Å². The lowest BCUT2D eigenvalue weighted by Gasteiger charge is -2.16. The predicted octanol–water partition coefficient (Wildman–Crippen LogP) is 4.39. The number of pyridine rings is 1. The van der Waals surface area contributed by atoms with E-state index in [2.05, 4.69) is 10.3 Å². The third kappa shape index (κ3) is 4.23. The maximum Gasteiger partial charge on any atom is 0.339 e. The summed E-state index contributed by atoms with van der Waals surface area (Å²) in [6.45, 7) is 3.30. The Morgan fingerprint density at radius 1 is 1.14 bits per heavy atom. The molecule has 0 fully saturated rings. The van der Waals surface area contributed by atoms with Gasteiger partial charge in [0.1, 0.15) is 5.75 Å². The molecule has 144 valence electrons. The molecule has 0 saturated carbocycles. The second-order valence-electron chi connectivity index (χ2n) is 6.21. The average molecular weight is 399 g/mol. The number of hydrogen-bond donors (Lipinski definition) is 1. The number of fused-ring (bicyclic) bond motifs is 1. The number of carbonyl (C=O) groups is 2. The molecule has 1 aromatic heterocycles. The second kappa shape index (κ2) is 8.27. The van der Waals surface area contributed by atoms with E-state index in [9.17, 15) is 9.59 Å². The first-order valence-corrected chi connectivity index (χ1v) is 8.98. The minimum Gasteiger partial charge on any atom is -0.495 e. The summed E-state index contributed by atoms with van der Waals surface area (Å²) in [6.07, 6.45) is -1.02. The van der Waals surface area contributed by atoms with E-state index in [1.54, 1.807) is 37.3 Å². The number of nitrogens with one attached hydrogen (secondary N) is 1. The molecule has 3 aromatic rings. The Bertz CT molecular complexity index is 1050. The summed E-state index contributed by atoms with van der Waals surface area (Å²) in [4.78, 5) is 29.6. The minimum atomic E-state index is -1.02. The van der Waals surface area contributed by atoms with Crippen LogP contribution >= 0.6 is 11.6 Å². The van der Waals surface area contributed by atoms with Crippen LogP contribution in [0.15, 0.2) is 48.5 Å². The van der Waals surface area contributed by atoms with Gasteiger partial charge in [-0.15, -0.1) is 0 Å². The third-order valence-corrected chi connectivity index (χ3v) is 4.37. The number of benzene rings is 2. The number of nitrogens with zero attached hydrogens (tertiary/aromatic N) is 1. The van der Waals surface area contributed by atoms with E-state index in [0.717, 1.165) is 0 Å². The van der Waals surface area contributed by atoms with Crippen LogP contribution in [-0.2, 0) is 9.53 Å². The molecular formula is C21H19ClN2O4. The highest BCUT2D eigenvalue weighted by atomic mass is 35.5. The smallest absolute Gasteiger partial charge is 0.339 e. The fourth-order valence-corrected chi connectivity index (χ4v) is 2.94. The van der Waals surface area contributed by atoms with Gasteiger partial charge in [-0.2, -0.15) is 0 Å². The van der Waals surface area contributed by atoms with Gasteiger partial charge in [0.05, 0.1) is 23.9 Å². The van der Waals surface area contributed by atoms with E-state index in [-0.39, 0.29) is 0 Å². The number of aromatic nitrogens is 1. The van der Waals surface area contributed by atoms with Crippen molar-refractivity contribution in [1.29, 1.82) is 0 Å². The minimum absolute atomic E-state index is 0.364. The fraction of sp³-hybridized carbons (Fsp3) is 0.190. The van der Waals surface area contributed by atoms with E-state index in [1.807, 2.05) is 18.2 Å². The van der Waals surface area contributed by atoms with E-state index in [4.69, 9.17) is 21.1 Å². The quantitative estimate of drug-likeness (QED) is 0.645. The predicted molar refractivity (Wildman–Crippen MR) is 108 cm³/mol. The van der Waals surface area contributed by atoms with Crippen LogP contribution in [0, 0.1) is 6.92 Å². The summed E-state index contributed by atoms with van der Waals surface area (Å²) >= 11 is 5.97. The van der Waals surface area contributed by atoms with Crippen molar-refractivity contribution in [2.45, 2.75) is 20.0 Å². The number of amides is 1. The van der Waals surface area contributed by atoms with Crippen LogP contribution in [0.25, 0.3) is 10.9 Å². The molecular weight excluding hydrogens is 380 g/mol. The van der Waals surface area contributed by atoms with E-state index < -0.39 is 18.0 Å². The zero-order chi connectivity index (χ0) is 20.3. The fourth-order valence-electron chi connectivity index (χ4n) is 2.77. The molecule has 2 aromatic carbocycles. The first-order valence-electron chi connectivity index (χ1n) is 8.61. The number of carbonyl (C=O) groups excluding carboxylic acids is 2. The highest BCUT2D eigenvalue weighted by molar-refractivity contribution is 6.31. The molecule has 0 aliphatic rings.